The summed E-state index contributed by atoms with van der Waals surface area (Å²) in [5.74, 6) is 1.66. The summed E-state index contributed by atoms with van der Waals surface area (Å²) in [5, 5.41) is 0. The van der Waals surface area contributed by atoms with Crippen molar-refractivity contribution >= 4 is 5.97 Å². The maximum Gasteiger partial charge on any atom is 0.308 e. The Bertz CT molecular complexity index is 313. The van der Waals surface area contributed by atoms with Crippen molar-refractivity contribution in [2.75, 3.05) is 6.61 Å². The Hall–Kier alpha value is -0.530. The molecular weight excluding hydrogens is 320 g/mol. The zero-order chi connectivity index (χ0) is 19.6. The summed E-state index contributed by atoms with van der Waals surface area (Å²) in [6.45, 7) is 11.5. The molecule has 0 aromatic carbocycles. The van der Waals surface area contributed by atoms with Gasteiger partial charge in [0.25, 0.3) is 0 Å². The monoisotopic (exact) mass is 368 g/mol. The zero-order valence-electron chi connectivity index (χ0n) is 18.7. The van der Waals surface area contributed by atoms with Crippen LogP contribution in [0.4, 0.5) is 0 Å². The third kappa shape index (κ3) is 12.8. The van der Waals surface area contributed by atoms with E-state index in [2.05, 4.69) is 27.7 Å². The van der Waals surface area contributed by atoms with Crippen molar-refractivity contribution < 1.29 is 9.53 Å². The van der Waals surface area contributed by atoms with Crippen LogP contribution in [0.25, 0.3) is 0 Å². The molecule has 0 N–H and O–H groups in total. The molecule has 3 unspecified atom stereocenters. The van der Waals surface area contributed by atoms with Crippen molar-refractivity contribution in [2.24, 2.45) is 17.8 Å². The van der Waals surface area contributed by atoms with Gasteiger partial charge in [-0.25, -0.2) is 0 Å². The minimum atomic E-state index is 0.0320. The van der Waals surface area contributed by atoms with E-state index in [9.17, 15) is 4.79 Å². The molecule has 0 bridgehead atoms. The van der Waals surface area contributed by atoms with Crippen LogP contribution in [0.15, 0.2) is 0 Å². The largest absolute Gasteiger partial charge is 0.466 e. The van der Waals surface area contributed by atoms with Gasteiger partial charge in [-0.3, -0.25) is 4.79 Å². The summed E-state index contributed by atoms with van der Waals surface area (Å²) in [7, 11) is 0. The van der Waals surface area contributed by atoms with Crippen LogP contribution in [0.1, 0.15) is 125 Å². The summed E-state index contributed by atoms with van der Waals surface area (Å²) < 4.78 is 5.32. The second-order valence-electron chi connectivity index (χ2n) is 8.17. The molecule has 0 rings (SSSR count). The van der Waals surface area contributed by atoms with E-state index in [4.69, 9.17) is 4.74 Å². The number of ether oxygens (including phenoxy) is 1. The van der Waals surface area contributed by atoms with Gasteiger partial charge < -0.3 is 4.74 Å². The van der Waals surface area contributed by atoms with Gasteiger partial charge in [0.15, 0.2) is 0 Å². The maximum absolute atomic E-state index is 12.3. The summed E-state index contributed by atoms with van der Waals surface area (Å²) in [6, 6.07) is 0. The van der Waals surface area contributed by atoms with Crippen LogP contribution in [-0.2, 0) is 9.53 Å². The third-order valence-corrected chi connectivity index (χ3v) is 5.91. The van der Waals surface area contributed by atoms with Gasteiger partial charge in [-0.15, -0.1) is 0 Å². The summed E-state index contributed by atoms with van der Waals surface area (Å²) in [4.78, 5) is 12.3. The molecule has 0 radical (unpaired) electrons. The number of hydrogen-bond acceptors (Lipinski definition) is 2. The molecular formula is C24H48O2. The third-order valence-electron chi connectivity index (χ3n) is 5.91. The van der Waals surface area contributed by atoms with E-state index in [-0.39, 0.29) is 11.9 Å². The van der Waals surface area contributed by atoms with E-state index < -0.39 is 0 Å². The molecule has 0 aromatic rings. The number of esters is 1. The van der Waals surface area contributed by atoms with E-state index in [1.807, 2.05) is 6.92 Å². The molecule has 0 aliphatic rings. The van der Waals surface area contributed by atoms with E-state index in [1.54, 1.807) is 0 Å². The van der Waals surface area contributed by atoms with Gasteiger partial charge in [0.05, 0.1) is 12.5 Å². The van der Waals surface area contributed by atoms with Crippen LogP contribution in [0.3, 0.4) is 0 Å². The lowest BCUT2D eigenvalue weighted by Crippen LogP contribution is -2.22. The highest BCUT2D eigenvalue weighted by atomic mass is 16.5. The molecule has 0 aromatic heterocycles. The molecule has 0 spiro atoms. The number of rotatable bonds is 18. The highest BCUT2D eigenvalue weighted by molar-refractivity contribution is 5.72. The van der Waals surface area contributed by atoms with Crippen LogP contribution in [0.2, 0.25) is 0 Å². The minimum Gasteiger partial charge on any atom is -0.466 e. The fourth-order valence-corrected chi connectivity index (χ4v) is 4.10. The van der Waals surface area contributed by atoms with Crippen LogP contribution >= 0.6 is 0 Å². The van der Waals surface area contributed by atoms with Crippen LogP contribution in [0.5, 0.6) is 0 Å². The van der Waals surface area contributed by atoms with Crippen LogP contribution in [-0.4, -0.2) is 12.6 Å². The van der Waals surface area contributed by atoms with E-state index in [1.165, 1.54) is 77.0 Å². The topological polar surface area (TPSA) is 26.3 Å². The van der Waals surface area contributed by atoms with Gasteiger partial charge in [0, 0.05) is 0 Å². The minimum absolute atomic E-state index is 0.0320. The molecule has 2 nitrogen and oxygen atoms in total. The van der Waals surface area contributed by atoms with E-state index in [0.717, 1.165) is 18.8 Å². The molecule has 156 valence electrons. The molecule has 0 amide bonds. The van der Waals surface area contributed by atoms with E-state index >= 15 is 0 Å². The van der Waals surface area contributed by atoms with Gasteiger partial charge in [0.2, 0.25) is 0 Å². The van der Waals surface area contributed by atoms with Gasteiger partial charge in [-0.2, -0.15) is 0 Å². The number of carbonyl (C=O) groups is 1. The van der Waals surface area contributed by atoms with Crippen molar-refractivity contribution in [3.8, 4) is 0 Å². The normalized spacial score (nSPS) is 14.8. The highest BCUT2D eigenvalue weighted by Crippen LogP contribution is 2.31. The zero-order valence-corrected chi connectivity index (χ0v) is 18.7. The molecule has 3 atom stereocenters. The Labute approximate surface area is 164 Å². The number of unbranched alkanes of at least 4 members (excludes halogenated alkanes) is 6. The van der Waals surface area contributed by atoms with Crippen molar-refractivity contribution in [1.82, 2.24) is 0 Å². The molecule has 0 aliphatic heterocycles. The first-order valence-corrected chi connectivity index (χ1v) is 11.8. The second kappa shape index (κ2) is 17.9. The van der Waals surface area contributed by atoms with Crippen molar-refractivity contribution in [1.29, 1.82) is 0 Å². The SMILES string of the molecule is CCCCCCC(CC)CC(CCCCCC)CC(CC)C(=O)OCC. The lowest BCUT2D eigenvalue weighted by Gasteiger charge is -2.26. The second-order valence-corrected chi connectivity index (χ2v) is 8.17. The molecule has 26 heavy (non-hydrogen) atoms. The van der Waals surface area contributed by atoms with Crippen LogP contribution < -0.4 is 0 Å². The van der Waals surface area contributed by atoms with E-state index in [0.29, 0.717) is 12.5 Å². The van der Waals surface area contributed by atoms with Crippen LogP contribution in [0, 0.1) is 17.8 Å². The molecule has 2 heteroatoms. The molecule has 0 heterocycles. The first kappa shape index (κ1) is 25.5. The van der Waals surface area contributed by atoms with Gasteiger partial charge in [-0.1, -0.05) is 98.3 Å². The molecule has 0 aliphatic carbocycles. The average molecular weight is 369 g/mol. The molecule has 0 saturated carbocycles. The Balaban J connectivity index is 4.64. The van der Waals surface area contributed by atoms with Gasteiger partial charge >= 0.3 is 5.97 Å². The predicted molar refractivity (Wildman–Crippen MR) is 114 cm³/mol. The lowest BCUT2D eigenvalue weighted by molar-refractivity contribution is -0.148. The summed E-state index contributed by atoms with van der Waals surface area (Å²) >= 11 is 0. The van der Waals surface area contributed by atoms with Crippen molar-refractivity contribution in [3.63, 3.8) is 0 Å². The Morgan fingerprint density at radius 1 is 0.692 bits per heavy atom. The summed E-state index contributed by atoms with van der Waals surface area (Å²) in [6.07, 6.45) is 18.0. The first-order chi connectivity index (χ1) is 12.6. The maximum atomic E-state index is 12.3. The Morgan fingerprint density at radius 2 is 1.27 bits per heavy atom. The highest BCUT2D eigenvalue weighted by Gasteiger charge is 2.24. The van der Waals surface area contributed by atoms with Crippen molar-refractivity contribution in [2.45, 2.75) is 125 Å². The Kier molecular flexibility index (Phi) is 17.5. The smallest absolute Gasteiger partial charge is 0.308 e. The quantitative estimate of drug-likeness (QED) is 0.181. The lowest BCUT2D eigenvalue weighted by atomic mass is 9.80. The number of hydrogen-bond donors (Lipinski definition) is 0. The fraction of sp³-hybridized carbons (Fsp3) is 0.958. The summed E-state index contributed by atoms with van der Waals surface area (Å²) in [5.41, 5.74) is 0. The number of carbonyl (C=O) groups excluding carboxylic acids is 1. The molecule has 0 fully saturated rings. The fourth-order valence-electron chi connectivity index (χ4n) is 4.10. The average Bonchev–Trinajstić information content (AvgIpc) is 2.65. The first-order valence-electron chi connectivity index (χ1n) is 11.8. The standard InChI is InChI=1S/C24H48O2/c1-6-11-13-15-17-21(8-3)19-22(18-16-14-12-7-2)20-23(9-4)24(25)26-10-5/h21-23H,6-20H2,1-5H3. The molecule has 0 saturated heterocycles. The predicted octanol–water partition coefficient (Wildman–Crippen LogP) is 7.94. The Morgan fingerprint density at radius 3 is 1.73 bits per heavy atom. The van der Waals surface area contributed by atoms with Gasteiger partial charge in [0.1, 0.15) is 0 Å². The van der Waals surface area contributed by atoms with Gasteiger partial charge in [-0.05, 0) is 38.0 Å². The van der Waals surface area contributed by atoms with Crippen molar-refractivity contribution in [3.05, 3.63) is 0 Å².